The van der Waals surface area contributed by atoms with Crippen LogP contribution in [0.15, 0.2) is 67.0 Å². The summed E-state index contributed by atoms with van der Waals surface area (Å²) in [6.07, 6.45) is 7.49. The van der Waals surface area contributed by atoms with Gasteiger partial charge in [-0.25, -0.2) is 4.98 Å². The average molecular weight is 450 g/mol. The van der Waals surface area contributed by atoms with Gasteiger partial charge in [0.1, 0.15) is 29.5 Å². The minimum Gasteiger partial charge on any atom is -0.494 e. The van der Waals surface area contributed by atoms with Crippen LogP contribution in [0.2, 0.25) is 0 Å². The number of piperidine rings is 1. The highest BCUT2D eigenvalue weighted by Crippen LogP contribution is 2.25. The van der Waals surface area contributed by atoms with Crippen LogP contribution in [-0.2, 0) is 19.5 Å². The highest BCUT2D eigenvalue weighted by atomic mass is 16.5. The van der Waals surface area contributed by atoms with E-state index in [1.165, 1.54) is 5.56 Å². The summed E-state index contributed by atoms with van der Waals surface area (Å²) in [6, 6.07) is 18.0. The third kappa shape index (κ3) is 6.83. The van der Waals surface area contributed by atoms with E-state index in [0.717, 1.165) is 62.6 Å². The molecular weight excluding hydrogens is 414 g/mol. The molecule has 3 aromatic rings. The van der Waals surface area contributed by atoms with Crippen molar-refractivity contribution in [2.75, 3.05) is 26.3 Å². The van der Waals surface area contributed by atoms with Gasteiger partial charge in [-0.1, -0.05) is 37.3 Å². The molecule has 6 heteroatoms. The number of hydrogen-bond donors (Lipinski definition) is 1. The Morgan fingerprint density at radius 1 is 1.06 bits per heavy atom. The number of nitrogens with zero attached hydrogens (tertiary/aromatic N) is 3. The third-order valence-electron chi connectivity index (χ3n) is 6.12. The van der Waals surface area contributed by atoms with Crippen molar-refractivity contribution in [3.63, 3.8) is 0 Å². The molecule has 0 unspecified atom stereocenters. The van der Waals surface area contributed by atoms with Crippen LogP contribution in [0.3, 0.4) is 0 Å². The summed E-state index contributed by atoms with van der Waals surface area (Å²) in [7, 11) is 0. The van der Waals surface area contributed by atoms with Gasteiger partial charge in [-0.15, -0.1) is 0 Å². The Labute approximate surface area is 196 Å². The SMILES string of the molecule is CCc1nccn1CCCOc1cccc(CN2CCC[C@](O)(COc3ccccc3)C2)c1. The van der Waals surface area contributed by atoms with Crippen molar-refractivity contribution in [2.24, 2.45) is 0 Å². The Hall–Kier alpha value is -2.83. The summed E-state index contributed by atoms with van der Waals surface area (Å²) in [5.74, 6) is 2.81. The van der Waals surface area contributed by atoms with E-state index >= 15 is 0 Å². The van der Waals surface area contributed by atoms with Gasteiger partial charge in [0.05, 0.1) is 6.61 Å². The minimum atomic E-state index is -0.827. The molecular formula is C27H35N3O3. The maximum absolute atomic E-state index is 11.1. The summed E-state index contributed by atoms with van der Waals surface area (Å²) >= 11 is 0. The predicted octanol–water partition coefficient (Wildman–Crippen LogP) is 4.32. The number of β-amino-alcohol motifs (C(OH)–C–C–N with tert-alkyl or cyclic N) is 1. The van der Waals surface area contributed by atoms with Gasteiger partial charge in [0.15, 0.2) is 0 Å². The van der Waals surface area contributed by atoms with E-state index in [-0.39, 0.29) is 0 Å². The summed E-state index contributed by atoms with van der Waals surface area (Å²) in [4.78, 5) is 6.68. The lowest BCUT2D eigenvalue weighted by molar-refractivity contribution is -0.0621. The Balaban J connectivity index is 1.25. The van der Waals surface area contributed by atoms with Crippen LogP contribution in [0.4, 0.5) is 0 Å². The molecule has 1 saturated heterocycles. The fourth-order valence-corrected chi connectivity index (χ4v) is 4.47. The fraction of sp³-hybridized carbons (Fsp3) is 0.444. The molecule has 33 heavy (non-hydrogen) atoms. The van der Waals surface area contributed by atoms with Gasteiger partial charge in [-0.2, -0.15) is 0 Å². The van der Waals surface area contributed by atoms with Crippen LogP contribution < -0.4 is 9.47 Å². The molecule has 176 valence electrons. The number of hydrogen-bond acceptors (Lipinski definition) is 5. The van der Waals surface area contributed by atoms with Crippen LogP contribution in [0.25, 0.3) is 0 Å². The molecule has 4 rings (SSSR count). The number of benzene rings is 2. The molecule has 2 aromatic carbocycles. The molecule has 1 aromatic heterocycles. The van der Waals surface area contributed by atoms with Crippen LogP contribution in [0, 0.1) is 0 Å². The molecule has 0 bridgehead atoms. The molecule has 2 heterocycles. The maximum Gasteiger partial charge on any atom is 0.119 e. The third-order valence-corrected chi connectivity index (χ3v) is 6.12. The lowest BCUT2D eigenvalue weighted by Crippen LogP contribution is -2.51. The van der Waals surface area contributed by atoms with Crippen molar-refractivity contribution >= 4 is 0 Å². The highest BCUT2D eigenvalue weighted by molar-refractivity contribution is 5.28. The van der Waals surface area contributed by atoms with E-state index in [1.54, 1.807) is 0 Å². The van der Waals surface area contributed by atoms with Crippen molar-refractivity contribution in [3.8, 4) is 11.5 Å². The molecule has 0 spiro atoms. The van der Waals surface area contributed by atoms with E-state index < -0.39 is 5.60 Å². The lowest BCUT2D eigenvalue weighted by Gasteiger charge is -2.39. The molecule has 1 atom stereocenters. The second-order valence-electron chi connectivity index (χ2n) is 8.88. The van der Waals surface area contributed by atoms with Crippen LogP contribution in [0.1, 0.15) is 37.6 Å². The van der Waals surface area contributed by atoms with Crippen molar-refractivity contribution in [3.05, 3.63) is 78.4 Å². The average Bonchev–Trinajstić information content (AvgIpc) is 3.29. The molecule has 0 amide bonds. The standard InChI is InChI=1S/C27H35N3O3/c1-2-26-28-14-17-30(26)16-8-18-32-25-12-6-9-23(19-25)20-29-15-7-13-27(31,21-29)22-33-24-10-4-3-5-11-24/h3-6,9-12,14,17,19,31H,2,7-8,13,15-16,18,20-22H2,1H3/t27-/m1/s1. The lowest BCUT2D eigenvalue weighted by atomic mass is 9.93. The van der Waals surface area contributed by atoms with Gasteiger partial charge in [0.2, 0.25) is 0 Å². The molecule has 1 aliphatic heterocycles. The number of imidazole rings is 1. The van der Waals surface area contributed by atoms with Crippen molar-refractivity contribution in [1.82, 2.24) is 14.5 Å². The van der Waals surface area contributed by atoms with Crippen LogP contribution >= 0.6 is 0 Å². The van der Waals surface area contributed by atoms with Crippen molar-refractivity contribution in [1.29, 1.82) is 0 Å². The minimum absolute atomic E-state index is 0.313. The predicted molar refractivity (Wildman–Crippen MR) is 130 cm³/mol. The Kier molecular flexibility index (Phi) is 8.02. The van der Waals surface area contributed by atoms with E-state index in [2.05, 4.69) is 33.5 Å². The van der Waals surface area contributed by atoms with Crippen molar-refractivity contribution < 1.29 is 14.6 Å². The first-order valence-electron chi connectivity index (χ1n) is 12.0. The molecule has 1 aliphatic rings. The Morgan fingerprint density at radius 3 is 2.76 bits per heavy atom. The first-order valence-corrected chi connectivity index (χ1v) is 12.0. The van der Waals surface area contributed by atoms with Crippen LogP contribution in [0.5, 0.6) is 11.5 Å². The first-order chi connectivity index (χ1) is 16.1. The van der Waals surface area contributed by atoms with Gasteiger partial charge in [-0.05, 0) is 55.6 Å². The zero-order valence-electron chi connectivity index (χ0n) is 19.5. The second kappa shape index (κ2) is 11.3. The quantitative estimate of drug-likeness (QED) is 0.442. The highest BCUT2D eigenvalue weighted by Gasteiger charge is 2.34. The van der Waals surface area contributed by atoms with E-state index in [4.69, 9.17) is 9.47 Å². The zero-order chi connectivity index (χ0) is 22.9. The summed E-state index contributed by atoms with van der Waals surface area (Å²) < 4.78 is 14.1. The van der Waals surface area contributed by atoms with E-state index in [9.17, 15) is 5.11 Å². The monoisotopic (exact) mass is 449 g/mol. The zero-order valence-corrected chi connectivity index (χ0v) is 19.5. The van der Waals surface area contributed by atoms with E-state index in [0.29, 0.717) is 19.8 Å². The van der Waals surface area contributed by atoms with Crippen molar-refractivity contribution in [2.45, 2.75) is 51.3 Å². The number of para-hydroxylation sites is 1. The van der Waals surface area contributed by atoms with Gasteiger partial charge in [0, 0.05) is 38.4 Å². The van der Waals surface area contributed by atoms with Gasteiger partial charge in [-0.3, -0.25) is 4.90 Å². The molecule has 1 N–H and O–H groups in total. The largest absolute Gasteiger partial charge is 0.494 e. The first kappa shape index (κ1) is 23.3. The second-order valence-corrected chi connectivity index (χ2v) is 8.88. The molecule has 0 aliphatic carbocycles. The number of ether oxygens (including phenoxy) is 2. The Bertz CT molecular complexity index is 991. The number of rotatable bonds is 11. The van der Waals surface area contributed by atoms with E-state index in [1.807, 2.05) is 54.9 Å². The number of aryl methyl sites for hydroxylation is 2. The molecule has 0 radical (unpaired) electrons. The maximum atomic E-state index is 11.1. The smallest absolute Gasteiger partial charge is 0.119 e. The van der Waals surface area contributed by atoms with Crippen LogP contribution in [-0.4, -0.2) is 51.5 Å². The normalized spacial score (nSPS) is 18.8. The Morgan fingerprint density at radius 2 is 1.91 bits per heavy atom. The van der Waals surface area contributed by atoms with Gasteiger partial charge in [0.25, 0.3) is 0 Å². The number of aromatic nitrogens is 2. The number of likely N-dealkylation sites (tertiary alicyclic amines) is 1. The molecule has 1 fully saturated rings. The summed E-state index contributed by atoms with van der Waals surface area (Å²) in [6.45, 7) is 6.40. The summed E-state index contributed by atoms with van der Waals surface area (Å²) in [5.41, 5.74) is 0.371. The summed E-state index contributed by atoms with van der Waals surface area (Å²) in [5, 5.41) is 11.1. The molecule has 6 nitrogen and oxygen atoms in total. The fourth-order valence-electron chi connectivity index (χ4n) is 4.47. The topological polar surface area (TPSA) is 59.8 Å². The van der Waals surface area contributed by atoms with Gasteiger partial charge >= 0.3 is 0 Å². The molecule has 0 saturated carbocycles. The number of aliphatic hydroxyl groups is 1. The van der Waals surface area contributed by atoms with Gasteiger partial charge < -0.3 is 19.1 Å².